The number of hydrogen-bond donors (Lipinski definition) is 1. The highest BCUT2D eigenvalue weighted by atomic mass is 19.1. The van der Waals surface area contributed by atoms with Crippen LogP contribution in [0.25, 0.3) is 17.2 Å². The van der Waals surface area contributed by atoms with Crippen LogP contribution in [0.15, 0.2) is 78.6 Å². The second kappa shape index (κ2) is 7.84. The molecule has 2 N–H and O–H groups in total. The maximum Gasteiger partial charge on any atom is 0.225 e. The molecule has 0 spiro atoms. The van der Waals surface area contributed by atoms with Gasteiger partial charge in [-0.05, 0) is 82.7 Å². The number of pyridine rings is 1. The highest BCUT2D eigenvalue weighted by Gasteiger charge is 2.32. The number of nitrogens with zero attached hydrogens (tertiary/aromatic N) is 1. The summed E-state index contributed by atoms with van der Waals surface area (Å²) in [4.78, 5) is 16.5. The summed E-state index contributed by atoms with van der Waals surface area (Å²) in [5.41, 5.74) is 12.2. The molecular weight excluding hydrogens is 363 g/mol. The number of allylic oxidation sites excluding steroid dienone is 2. The molecule has 1 aromatic heterocycles. The van der Waals surface area contributed by atoms with Crippen LogP contribution >= 0.6 is 0 Å². The third kappa shape index (κ3) is 3.74. The fourth-order valence-corrected chi connectivity index (χ4v) is 3.98. The Morgan fingerprint density at radius 3 is 2.48 bits per heavy atom. The molecule has 4 rings (SSSR count). The van der Waals surface area contributed by atoms with Gasteiger partial charge in [0.25, 0.3) is 0 Å². The van der Waals surface area contributed by atoms with Crippen molar-refractivity contribution in [2.45, 2.75) is 13.3 Å². The van der Waals surface area contributed by atoms with Gasteiger partial charge in [0.05, 0.1) is 5.92 Å². The molecule has 0 aliphatic heterocycles. The number of primary amides is 1. The molecule has 0 saturated heterocycles. The van der Waals surface area contributed by atoms with Crippen LogP contribution < -0.4 is 5.73 Å². The van der Waals surface area contributed by atoms with Gasteiger partial charge in [-0.25, -0.2) is 4.39 Å². The predicted molar refractivity (Wildman–Crippen MR) is 114 cm³/mol. The number of carbonyl (C=O) groups is 1. The van der Waals surface area contributed by atoms with Crippen LogP contribution in [-0.4, -0.2) is 10.9 Å². The van der Waals surface area contributed by atoms with E-state index < -0.39 is 11.8 Å². The van der Waals surface area contributed by atoms with Gasteiger partial charge in [-0.3, -0.25) is 9.78 Å². The third-order valence-electron chi connectivity index (χ3n) is 5.36. The third-order valence-corrected chi connectivity index (χ3v) is 5.36. The molecule has 3 nitrogen and oxygen atoms in total. The average molecular weight is 384 g/mol. The van der Waals surface area contributed by atoms with Gasteiger partial charge in [-0.2, -0.15) is 0 Å². The number of halogens is 1. The van der Waals surface area contributed by atoms with Crippen LogP contribution in [0.2, 0.25) is 0 Å². The number of benzene rings is 2. The Balaban J connectivity index is 1.87. The largest absolute Gasteiger partial charge is 0.369 e. The van der Waals surface area contributed by atoms with Crippen molar-refractivity contribution in [3.05, 3.63) is 107 Å². The molecular formula is C25H21FN2O. The van der Waals surface area contributed by atoms with Gasteiger partial charge in [0.1, 0.15) is 5.82 Å². The van der Waals surface area contributed by atoms with E-state index in [1.807, 2.05) is 55.5 Å². The number of nitrogens with two attached hydrogens (primary N) is 1. The van der Waals surface area contributed by atoms with Crippen LogP contribution in [0.1, 0.15) is 29.2 Å². The van der Waals surface area contributed by atoms with Gasteiger partial charge in [-0.15, -0.1) is 0 Å². The van der Waals surface area contributed by atoms with Crippen LogP contribution in [0.4, 0.5) is 4.39 Å². The standard InChI is InChI=1S/C25H21FN2O/c1-16-21(13-18-9-11-28-12-10-18)20-8-7-19(26)15-22(20)24(16)23(25(27)29)14-17-5-3-2-4-6-17/h2-13,15,23H,14H2,1H3,(H2,27,29). The first-order chi connectivity index (χ1) is 14.0. The molecule has 144 valence electrons. The molecule has 3 aromatic rings. The lowest BCUT2D eigenvalue weighted by Gasteiger charge is -2.17. The normalized spacial score (nSPS) is 15.4. The van der Waals surface area contributed by atoms with Crippen molar-refractivity contribution in [1.29, 1.82) is 0 Å². The molecule has 0 fully saturated rings. The monoisotopic (exact) mass is 384 g/mol. The van der Waals surface area contributed by atoms with E-state index in [1.165, 1.54) is 12.1 Å². The highest BCUT2D eigenvalue weighted by Crippen LogP contribution is 2.46. The fourth-order valence-electron chi connectivity index (χ4n) is 3.98. The van der Waals surface area contributed by atoms with Crippen LogP contribution in [0.5, 0.6) is 0 Å². The fraction of sp³-hybridized carbons (Fsp3) is 0.120. The van der Waals surface area contributed by atoms with Crippen molar-refractivity contribution in [2.75, 3.05) is 0 Å². The number of carbonyl (C=O) groups excluding carboxylic acids is 1. The van der Waals surface area contributed by atoms with E-state index in [1.54, 1.807) is 18.5 Å². The second-order valence-electron chi connectivity index (χ2n) is 7.21. The maximum absolute atomic E-state index is 14.1. The highest BCUT2D eigenvalue weighted by molar-refractivity contribution is 6.09. The summed E-state index contributed by atoms with van der Waals surface area (Å²) in [6, 6.07) is 18.3. The van der Waals surface area contributed by atoms with Crippen molar-refractivity contribution >= 4 is 23.1 Å². The SMILES string of the molecule is CC1=C(C(Cc2ccccc2)C(N)=O)c2cc(F)ccc2C1=Cc1ccncc1. The summed E-state index contributed by atoms with van der Waals surface area (Å²) < 4.78 is 14.1. The molecule has 1 amide bonds. The van der Waals surface area contributed by atoms with Crippen LogP contribution in [0.3, 0.4) is 0 Å². The van der Waals surface area contributed by atoms with Crippen LogP contribution in [-0.2, 0) is 11.2 Å². The molecule has 1 aliphatic carbocycles. The molecule has 1 aliphatic rings. The Morgan fingerprint density at radius 2 is 1.79 bits per heavy atom. The summed E-state index contributed by atoms with van der Waals surface area (Å²) in [6.45, 7) is 1.97. The molecule has 1 atom stereocenters. The first kappa shape index (κ1) is 18.8. The zero-order valence-corrected chi connectivity index (χ0v) is 16.1. The van der Waals surface area contributed by atoms with Gasteiger partial charge in [0.2, 0.25) is 5.91 Å². The number of fused-ring (bicyclic) bond motifs is 1. The van der Waals surface area contributed by atoms with Crippen LogP contribution in [0, 0.1) is 11.7 Å². The van der Waals surface area contributed by atoms with Crippen molar-refractivity contribution in [1.82, 2.24) is 4.98 Å². The number of hydrogen-bond acceptors (Lipinski definition) is 2. The zero-order valence-electron chi connectivity index (χ0n) is 16.1. The first-order valence-corrected chi connectivity index (χ1v) is 9.51. The van der Waals surface area contributed by atoms with Crippen molar-refractivity contribution in [3.63, 3.8) is 0 Å². The Hall–Kier alpha value is -3.53. The van der Waals surface area contributed by atoms with Gasteiger partial charge in [0.15, 0.2) is 0 Å². The van der Waals surface area contributed by atoms with E-state index >= 15 is 0 Å². The van der Waals surface area contributed by atoms with Crippen molar-refractivity contribution in [3.8, 4) is 0 Å². The average Bonchev–Trinajstić information content (AvgIpc) is 2.98. The molecule has 0 saturated carbocycles. The minimum Gasteiger partial charge on any atom is -0.369 e. The summed E-state index contributed by atoms with van der Waals surface area (Å²) in [5, 5.41) is 0. The molecule has 1 heterocycles. The molecule has 0 bridgehead atoms. The van der Waals surface area contributed by atoms with E-state index in [0.717, 1.165) is 39.0 Å². The quantitative estimate of drug-likeness (QED) is 0.681. The molecule has 0 radical (unpaired) electrons. The van der Waals surface area contributed by atoms with E-state index in [4.69, 9.17) is 5.73 Å². The second-order valence-corrected chi connectivity index (χ2v) is 7.21. The number of rotatable bonds is 5. The number of aromatic nitrogens is 1. The van der Waals surface area contributed by atoms with Crippen molar-refractivity contribution < 1.29 is 9.18 Å². The smallest absolute Gasteiger partial charge is 0.225 e. The molecule has 2 aromatic carbocycles. The summed E-state index contributed by atoms with van der Waals surface area (Å²) >= 11 is 0. The minimum absolute atomic E-state index is 0.331. The Bertz CT molecular complexity index is 1120. The lowest BCUT2D eigenvalue weighted by Crippen LogP contribution is -2.26. The van der Waals surface area contributed by atoms with Crippen molar-refractivity contribution in [2.24, 2.45) is 11.7 Å². The van der Waals surface area contributed by atoms with E-state index in [2.05, 4.69) is 4.98 Å². The molecule has 4 heteroatoms. The lowest BCUT2D eigenvalue weighted by molar-refractivity contribution is -0.120. The van der Waals surface area contributed by atoms with E-state index in [9.17, 15) is 9.18 Å². The molecule has 29 heavy (non-hydrogen) atoms. The Kier molecular flexibility index (Phi) is 5.09. The Labute approximate surface area is 169 Å². The van der Waals surface area contributed by atoms with Gasteiger partial charge >= 0.3 is 0 Å². The minimum atomic E-state index is -0.540. The van der Waals surface area contributed by atoms with E-state index in [-0.39, 0.29) is 5.82 Å². The zero-order chi connectivity index (χ0) is 20.4. The summed E-state index contributed by atoms with van der Waals surface area (Å²) in [5.74, 6) is -1.29. The van der Waals surface area contributed by atoms with Gasteiger partial charge in [0, 0.05) is 12.4 Å². The summed E-state index contributed by atoms with van der Waals surface area (Å²) in [6.07, 6.45) is 5.98. The van der Waals surface area contributed by atoms with Gasteiger partial charge < -0.3 is 5.73 Å². The number of amides is 1. The lowest BCUT2D eigenvalue weighted by atomic mass is 9.86. The summed E-state index contributed by atoms with van der Waals surface area (Å²) in [7, 11) is 0. The predicted octanol–water partition coefficient (Wildman–Crippen LogP) is 4.89. The maximum atomic E-state index is 14.1. The van der Waals surface area contributed by atoms with Gasteiger partial charge in [-0.1, -0.05) is 36.4 Å². The Morgan fingerprint density at radius 1 is 1.07 bits per heavy atom. The van der Waals surface area contributed by atoms with E-state index in [0.29, 0.717) is 6.42 Å². The molecule has 1 unspecified atom stereocenters. The first-order valence-electron chi connectivity index (χ1n) is 9.51. The topological polar surface area (TPSA) is 56.0 Å².